The van der Waals surface area contributed by atoms with Crippen molar-refractivity contribution in [2.45, 2.75) is 107 Å². The molecule has 0 atom stereocenters. The van der Waals surface area contributed by atoms with Gasteiger partial charge in [-0.2, -0.15) is 13.9 Å². The second kappa shape index (κ2) is 25.9. The van der Waals surface area contributed by atoms with Gasteiger partial charge in [0, 0.05) is 30.2 Å². The number of carbonyl (C=O) groups excluding carboxylic acids is 4. The standard InChI is InChI=1S/C48H59Cl2F2N3O10S/c1-4-7-26-55(46-54-39-14-8-9-15-41(39)66-46)53-32-35-31-38(64-47(49,50)36-20-16-33(17-21-36)44(58)62-29-12-10-27-60-42(56)5-2)24-25-40(35)65-48(51,52)37-22-18-34(19-23-37)45(59)63-30-13-11-28-61-43(57)6-3/h5-6,8-9,14-15,24-25,31-34,36-37H,2-4,7,10-13,16-23,26-30H2,1H3/b53-32+. The van der Waals surface area contributed by atoms with Gasteiger partial charge in [-0.3, -0.25) is 9.59 Å². The molecular weight excluding hydrogens is 920 g/mol. The number of anilines is 1. The molecule has 1 aromatic heterocycles. The summed E-state index contributed by atoms with van der Waals surface area (Å²) < 4.78 is 64.0. The van der Waals surface area contributed by atoms with Gasteiger partial charge >= 0.3 is 30.0 Å². The Morgan fingerprint density at radius 3 is 1.86 bits per heavy atom. The van der Waals surface area contributed by atoms with E-state index in [9.17, 15) is 19.2 Å². The summed E-state index contributed by atoms with van der Waals surface area (Å²) in [6, 6.07) is 12.1. The third-order valence-corrected chi connectivity index (χ3v) is 13.3. The first kappa shape index (κ1) is 52.2. The molecular formula is C48H59Cl2F2N3O10S. The number of alkyl halides is 4. The van der Waals surface area contributed by atoms with E-state index in [0.717, 1.165) is 35.2 Å². The Labute approximate surface area is 398 Å². The topological polar surface area (TPSA) is 152 Å². The van der Waals surface area contributed by atoms with Crippen LogP contribution in [0.5, 0.6) is 11.5 Å². The fourth-order valence-electron chi connectivity index (χ4n) is 7.65. The molecule has 66 heavy (non-hydrogen) atoms. The van der Waals surface area contributed by atoms with E-state index in [1.807, 2.05) is 24.3 Å². The Balaban J connectivity index is 1.24. The number of hydrogen-bond donors (Lipinski definition) is 0. The molecule has 13 nitrogen and oxygen atoms in total. The number of hydrazone groups is 1. The van der Waals surface area contributed by atoms with E-state index in [1.165, 1.54) is 35.8 Å². The lowest BCUT2D eigenvalue weighted by Crippen LogP contribution is -2.38. The summed E-state index contributed by atoms with van der Waals surface area (Å²) in [5, 5.41) is 7.12. The van der Waals surface area contributed by atoms with Crippen LogP contribution in [0.25, 0.3) is 10.2 Å². The van der Waals surface area contributed by atoms with Gasteiger partial charge in [0.2, 0.25) is 5.13 Å². The largest absolute Gasteiger partial charge is 0.465 e. The lowest BCUT2D eigenvalue weighted by Gasteiger charge is -2.35. The molecule has 3 aromatic rings. The number of para-hydroxylation sites is 1. The van der Waals surface area contributed by atoms with Gasteiger partial charge in [-0.1, -0.05) is 73.2 Å². The van der Waals surface area contributed by atoms with E-state index in [-0.39, 0.29) is 87.0 Å². The van der Waals surface area contributed by atoms with Crippen molar-refractivity contribution in [1.82, 2.24) is 4.98 Å². The third kappa shape index (κ3) is 15.9. The van der Waals surface area contributed by atoms with Crippen molar-refractivity contribution in [1.29, 1.82) is 0 Å². The van der Waals surface area contributed by atoms with Crippen LogP contribution in [0, 0.1) is 23.7 Å². The lowest BCUT2D eigenvalue weighted by molar-refractivity contribution is -0.224. The zero-order valence-corrected chi connectivity index (χ0v) is 39.6. The average Bonchev–Trinajstić information content (AvgIpc) is 3.76. The Bertz CT molecular complexity index is 2090. The number of carbonyl (C=O) groups is 4. The van der Waals surface area contributed by atoms with Gasteiger partial charge in [-0.25, -0.2) is 19.6 Å². The maximum Gasteiger partial charge on any atom is 0.400 e. The normalized spacial score (nSPS) is 18.9. The zero-order valence-electron chi connectivity index (χ0n) is 37.3. The van der Waals surface area contributed by atoms with Crippen molar-refractivity contribution >= 4 is 80.0 Å². The van der Waals surface area contributed by atoms with E-state index in [2.05, 4.69) is 20.1 Å². The van der Waals surface area contributed by atoms with E-state index < -0.39 is 40.4 Å². The number of ether oxygens (including phenoxy) is 6. The molecule has 0 radical (unpaired) electrons. The maximum absolute atomic E-state index is 16.1. The van der Waals surface area contributed by atoms with Crippen LogP contribution in [0.3, 0.4) is 0 Å². The Morgan fingerprint density at radius 1 is 0.773 bits per heavy atom. The number of aromatic nitrogens is 1. The second-order valence-electron chi connectivity index (χ2n) is 16.3. The third-order valence-electron chi connectivity index (χ3n) is 11.5. The van der Waals surface area contributed by atoms with Crippen LogP contribution in [-0.2, 0) is 38.1 Å². The maximum atomic E-state index is 16.1. The van der Waals surface area contributed by atoms with Crippen molar-refractivity contribution in [3.05, 3.63) is 73.3 Å². The minimum atomic E-state index is -3.61. The number of hydrogen-bond acceptors (Lipinski definition) is 14. The average molecular weight is 979 g/mol. The summed E-state index contributed by atoms with van der Waals surface area (Å²) in [7, 11) is 0. The molecule has 2 saturated carbocycles. The van der Waals surface area contributed by atoms with Gasteiger partial charge in [0.05, 0.1) is 60.6 Å². The fraction of sp³-hybridized carbons (Fsp3) is 0.542. The van der Waals surface area contributed by atoms with Crippen LogP contribution in [0.1, 0.15) is 102 Å². The minimum absolute atomic E-state index is 0.0350. The quantitative estimate of drug-likeness (QED) is 0.0143. The fourth-order valence-corrected chi connectivity index (χ4v) is 9.21. The van der Waals surface area contributed by atoms with Crippen LogP contribution in [0.15, 0.2) is 72.9 Å². The Morgan fingerprint density at radius 2 is 1.32 bits per heavy atom. The van der Waals surface area contributed by atoms with Gasteiger partial charge < -0.3 is 28.4 Å². The molecule has 0 unspecified atom stereocenters. The van der Waals surface area contributed by atoms with Crippen molar-refractivity contribution in [2.24, 2.45) is 28.8 Å². The highest BCUT2D eigenvalue weighted by molar-refractivity contribution is 7.22. The summed E-state index contributed by atoms with van der Waals surface area (Å²) in [5.41, 5.74) is 0.993. The lowest BCUT2D eigenvalue weighted by atomic mass is 9.81. The number of thiazole rings is 1. The van der Waals surface area contributed by atoms with E-state index >= 15 is 8.78 Å². The molecule has 0 saturated heterocycles. The number of esters is 4. The predicted octanol–water partition coefficient (Wildman–Crippen LogP) is 11.1. The zero-order chi connectivity index (χ0) is 47.5. The molecule has 2 aromatic carbocycles. The Kier molecular flexibility index (Phi) is 20.5. The van der Waals surface area contributed by atoms with Crippen LogP contribution >= 0.6 is 34.5 Å². The molecule has 0 bridgehead atoms. The van der Waals surface area contributed by atoms with Crippen LogP contribution in [0.2, 0.25) is 0 Å². The number of nitrogens with zero attached hydrogens (tertiary/aromatic N) is 3. The van der Waals surface area contributed by atoms with Gasteiger partial charge in [0.15, 0.2) is 0 Å². The summed E-state index contributed by atoms with van der Waals surface area (Å²) in [5.74, 6) is -4.13. The second-order valence-corrected chi connectivity index (χ2v) is 18.6. The van der Waals surface area contributed by atoms with Crippen molar-refractivity contribution in [2.75, 3.05) is 38.0 Å². The predicted molar refractivity (Wildman–Crippen MR) is 250 cm³/mol. The minimum Gasteiger partial charge on any atom is -0.465 e. The van der Waals surface area contributed by atoms with Gasteiger partial charge in [0.25, 0.3) is 4.52 Å². The first-order valence-electron chi connectivity index (χ1n) is 22.6. The van der Waals surface area contributed by atoms with Gasteiger partial charge in [-0.05, 0) is 114 Å². The number of rotatable bonds is 26. The number of fused-ring (bicyclic) bond motifs is 1. The van der Waals surface area contributed by atoms with Crippen molar-refractivity contribution in [3.8, 4) is 11.5 Å². The molecule has 5 rings (SSSR count). The number of halogens is 4. The molecule has 2 aliphatic carbocycles. The summed E-state index contributed by atoms with van der Waals surface area (Å²) in [6.45, 7) is 9.99. The molecule has 2 aliphatic rings. The number of benzene rings is 2. The molecule has 0 aliphatic heterocycles. The SMILES string of the molecule is C=CC(=O)OCCCCOC(=O)C1CCC(C(F)(F)Oc2ccc(OC(Cl)(Cl)C3CCC(C(=O)OCCCCOC(=O)C=C)CC3)cc2/C=N/N(CCCC)c2nc3ccccc3s2)CC1. The van der Waals surface area contributed by atoms with Crippen LogP contribution in [-0.4, -0.2) is 78.7 Å². The highest BCUT2D eigenvalue weighted by Crippen LogP contribution is 2.45. The summed E-state index contributed by atoms with van der Waals surface area (Å²) in [6.07, 6.45) is 6.12. The Hall–Kier alpha value is -4.80. The highest BCUT2D eigenvalue weighted by atomic mass is 35.5. The van der Waals surface area contributed by atoms with Crippen LogP contribution in [0.4, 0.5) is 13.9 Å². The molecule has 18 heteroatoms. The van der Waals surface area contributed by atoms with Crippen molar-refractivity contribution < 1.29 is 56.4 Å². The molecule has 360 valence electrons. The van der Waals surface area contributed by atoms with E-state index in [4.69, 9.17) is 61.7 Å². The van der Waals surface area contributed by atoms with Crippen LogP contribution < -0.4 is 14.5 Å². The van der Waals surface area contributed by atoms with E-state index in [1.54, 1.807) is 5.01 Å². The monoisotopic (exact) mass is 977 g/mol. The molecule has 0 amide bonds. The van der Waals surface area contributed by atoms with Gasteiger partial charge in [0.1, 0.15) is 11.5 Å². The highest BCUT2D eigenvalue weighted by Gasteiger charge is 2.46. The van der Waals surface area contributed by atoms with Gasteiger partial charge in [-0.15, -0.1) is 0 Å². The molecule has 0 N–H and O–H groups in total. The molecule has 0 spiro atoms. The first-order valence-corrected chi connectivity index (χ1v) is 24.2. The van der Waals surface area contributed by atoms with Crippen molar-refractivity contribution in [3.63, 3.8) is 0 Å². The summed E-state index contributed by atoms with van der Waals surface area (Å²) >= 11 is 15.2. The smallest absolute Gasteiger partial charge is 0.400 e. The number of unbranched alkanes of at least 4 members (excludes halogenated alkanes) is 3. The first-order chi connectivity index (χ1) is 31.7. The van der Waals surface area contributed by atoms with E-state index in [0.29, 0.717) is 63.0 Å². The molecule has 1 heterocycles. The summed E-state index contributed by atoms with van der Waals surface area (Å²) in [4.78, 5) is 52.7. The molecule has 2 fully saturated rings.